The van der Waals surface area contributed by atoms with E-state index in [1.54, 1.807) is 6.33 Å². The number of nitrogen functional groups attached to an aromatic ring is 1. The molecule has 0 radical (unpaired) electrons. The van der Waals surface area contributed by atoms with E-state index in [-0.39, 0.29) is 5.82 Å². The molecule has 3 rings (SSSR count). The van der Waals surface area contributed by atoms with Crippen LogP contribution in [-0.2, 0) is 19.6 Å². The number of nitrogens with two attached hydrogens (primary N) is 1. The molecule has 0 saturated heterocycles. The number of anilines is 1. The molecule has 2 N–H and O–H groups in total. The highest BCUT2D eigenvalue weighted by Gasteiger charge is 2.17. The molecule has 0 atom stereocenters. The van der Waals surface area contributed by atoms with Crippen molar-refractivity contribution in [3.8, 4) is 0 Å². The minimum Gasteiger partial charge on any atom is -0.399 e. The first kappa shape index (κ1) is 11.2. The molecule has 0 amide bonds. The molecule has 1 aromatic carbocycles. The third-order valence-electron chi connectivity index (χ3n) is 3.10. The monoisotopic (exact) mass is 247 g/mol. The van der Waals surface area contributed by atoms with Crippen molar-refractivity contribution < 1.29 is 4.39 Å². The Kier molecular flexibility index (Phi) is 2.71. The summed E-state index contributed by atoms with van der Waals surface area (Å²) in [5, 5.41) is 7.94. The molecule has 18 heavy (non-hydrogen) atoms. The van der Waals surface area contributed by atoms with E-state index in [0.29, 0.717) is 12.2 Å². The number of halogens is 1. The van der Waals surface area contributed by atoms with Crippen molar-refractivity contribution in [2.75, 3.05) is 12.3 Å². The maximum atomic E-state index is 13.2. The number of hydrogen-bond acceptors (Lipinski definition) is 4. The third-order valence-corrected chi connectivity index (χ3v) is 3.10. The molecule has 1 aromatic heterocycles. The molecule has 1 aliphatic heterocycles. The Morgan fingerprint density at radius 2 is 2.17 bits per heavy atom. The van der Waals surface area contributed by atoms with Crippen LogP contribution in [0.15, 0.2) is 24.5 Å². The van der Waals surface area contributed by atoms with Crippen LogP contribution in [0.1, 0.15) is 11.4 Å². The van der Waals surface area contributed by atoms with Crippen LogP contribution >= 0.6 is 0 Å². The van der Waals surface area contributed by atoms with Crippen molar-refractivity contribution in [2.45, 2.75) is 19.6 Å². The van der Waals surface area contributed by atoms with E-state index in [1.165, 1.54) is 12.1 Å². The van der Waals surface area contributed by atoms with Crippen LogP contribution in [-0.4, -0.2) is 26.2 Å². The van der Waals surface area contributed by atoms with Crippen LogP contribution in [0, 0.1) is 5.82 Å². The van der Waals surface area contributed by atoms with E-state index in [2.05, 4.69) is 15.1 Å². The molecule has 0 aliphatic carbocycles. The summed E-state index contributed by atoms with van der Waals surface area (Å²) in [6.07, 6.45) is 1.74. The molecule has 2 heterocycles. The summed E-state index contributed by atoms with van der Waals surface area (Å²) >= 11 is 0. The average molecular weight is 247 g/mol. The normalized spacial score (nSPS) is 15.6. The minimum atomic E-state index is -0.287. The van der Waals surface area contributed by atoms with Crippen LogP contribution in [0.5, 0.6) is 0 Å². The zero-order chi connectivity index (χ0) is 12.5. The fourth-order valence-electron chi connectivity index (χ4n) is 2.28. The fourth-order valence-corrected chi connectivity index (χ4v) is 2.28. The largest absolute Gasteiger partial charge is 0.399 e. The van der Waals surface area contributed by atoms with Gasteiger partial charge in [-0.3, -0.25) is 4.90 Å². The molecule has 2 aromatic rings. The fraction of sp³-hybridized carbons (Fsp3) is 0.333. The molecule has 0 spiro atoms. The minimum absolute atomic E-state index is 0.287. The Morgan fingerprint density at radius 3 is 3.00 bits per heavy atom. The van der Waals surface area contributed by atoms with Crippen molar-refractivity contribution >= 4 is 5.69 Å². The predicted molar refractivity (Wildman–Crippen MR) is 64.9 cm³/mol. The average Bonchev–Trinajstić information content (AvgIpc) is 2.74. The summed E-state index contributed by atoms with van der Waals surface area (Å²) in [5.74, 6) is 0.663. The topological polar surface area (TPSA) is 60.0 Å². The lowest BCUT2D eigenvalue weighted by Crippen LogP contribution is -2.33. The van der Waals surface area contributed by atoms with Gasteiger partial charge in [0.2, 0.25) is 0 Å². The van der Waals surface area contributed by atoms with E-state index < -0.39 is 0 Å². The van der Waals surface area contributed by atoms with Gasteiger partial charge >= 0.3 is 0 Å². The predicted octanol–water partition coefficient (Wildman–Crippen LogP) is 1.02. The maximum absolute atomic E-state index is 13.2. The van der Waals surface area contributed by atoms with E-state index >= 15 is 0 Å². The van der Waals surface area contributed by atoms with E-state index in [4.69, 9.17) is 5.73 Å². The highest BCUT2D eigenvalue weighted by molar-refractivity contribution is 5.41. The van der Waals surface area contributed by atoms with Gasteiger partial charge in [-0.05, 0) is 23.8 Å². The van der Waals surface area contributed by atoms with Gasteiger partial charge in [0.15, 0.2) is 0 Å². The van der Waals surface area contributed by atoms with Gasteiger partial charge in [-0.1, -0.05) is 0 Å². The Balaban J connectivity index is 1.74. The molecule has 0 bridgehead atoms. The van der Waals surface area contributed by atoms with Gasteiger partial charge in [0, 0.05) is 25.3 Å². The second kappa shape index (κ2) is 4.38. The zero-order valence-electron chi connectivity index (χ0n) is 9.88. The number of fused-ring (bicyclic) bond motifs is 1. The lowest BCUT2D eigenvalue weighted by Gasteiger charge is -2.26. The lowest BCUT2D eigenvalue weighted by molar-refractivity contribution is 0.208. The van der Waals surface area contributed by atoms with Gasteiger partial charge in [0.05, 0.1) is 6.54 Å². The highest BCUT2D eigenvalue weighted by atomic mass is 19.1. The maximum Gasteiger partial charge on any atom is 0.147 e. The number of benzene rings is 1. The molecular formula is C12H14FN5. The molecule has 1 aliphatic rings. The van der Waals surface area contributed by atoms with Gasteiger partial charge in [0.1, 0.15) is 18.0 Å². The zero-order valence-corrected chi connectivity index (χ0v) is 9.88. The van der Waals surface area contributed by atoms with Crippen molar-refractivity contribution in [1.82, 2.24) is 19.7 Å². The van der Waals surface area contributed by atoms with Crippen LogP contribution in [0.25, 0.3) is 0 Å². The van der Waals surface area contributed by atoms with Crippen molar-refractivity contribution in [1.29, 1.82) is 0 Å². The summed E-state index contributed by atoms with van der Waals surface area (Å²) in [7, 11) is 0. The lowest BCUT2D eigenvalue weighted by atomic mass is 10.1. The molecular weight excluding hydrogens is 233 g/mol. The Hall–Kier alpha value is -1.95. The SMILES string of the molecule is Nc1cc(F)cc(CN2CCn3cnnc3C2)c1. The van der Waals surface area contributed by atoms with Gasteiger partial charge in [-0.15, -0.1) is 10.2 Å². The summed E-state index contributed by atoms with van der Waals surface area (Å²) in [6.45, 7) is 3.18. The van der Waals surface area contributed by atoms with Gasteiger partial charge in [-0.2, -0.15) is 0 Å². The van der Waals surface area contributed by atoms with Crippen LogP contribution in [0.4, 0.5) is 10.1 Å². The van der Waals surface area contributed by atoms with Crippen molar-refractivity contribution in [3.63, 3.8) is 0 Å². The second-order valence-electron chi connectivity index (χ2n) is 4.54. The van der Waals surface area contributed by atoms with Crippen LogP contribution in [0.3, 0.4) is 0 Å². The first-order valence-electron chi connectivity index (χ1n) is 5.85. The van der Waals surface area contributed by atoms with E-state index in [1.807, 2.05) is 10.6 Å². The Morgan fingerprint density at radius 1 is 1.28 bits per heavy atom. The summed E-state index contributed by atoms with van der Waals surface area (Å²) in [4.78, 5) is 2.21. The molecule has 94 valence electrons. The third kappa shape index (κ3) is 2.19. The second-order valence-corrected chi connectivity index (χ2v) is 4.54. The smallest absolute Gasteiger partial charge is 0.147 e. The molecule has 5 nitrogen and oxygen atoms in total. The van der Waals surface area contributed by atoms with Gasteiger partial charge in [0.25, 0.3) is 0 Å². The first-order chi connectivity index (χ1) is 8.70. The Bertz CT molecular complexity index is 545. The molecule has 0 fully saturated rings. The summed E-state index contributed by atoms with van der Waals surface area (Å²) in [6, 6.07) is 4.66. The number of aromatic nitrogens is 3. The standard InChI is InChI=1S/C12H14FN5/c13-10-3-9(4-11(14)5-10)6-17-1-2-18-8-15-16-12(18)7-17/h3-5,8H,1-2,6-7,14H2. The number of rotatable bonds is 2. The van der Waals surface area contributed by atoms with E-state index in [0.717, 1.165) is 31.0 Å². The van der Waals surface area contributed by atoms with Gasteiger partial charge in [-0.25, -0.2) is 4.39 Å². The number of nitrogens with zero attached hydrogens (tertiary/aromatic N) is 4. The summed E-state index contributed by atoms with van der Waals surface area (Å²) < 4.78 is 15.3. The first-order valence-corrected chi connectivity index (χ1v) is 5.85. The van der Waals surface area contributed by atoms with E-state index in [9.17, 15) is 4.39 Å². The van der Waals surface area contributed by atoms with Crippen LogP contribution < -0.4 is 5.73 Å². The molecule has 0 saturated carbocycles. The number of hydrogen-bond donors (Lipinski definition) is 1. The quantitative estimate of drug-likeness (QED) is 0.805. The molecule has 0 unspecified atom stereocenters. The molecule has 6 heteroatoms. The Labute approximate surface area is 104 Å². The summed E-state index contributed by atoms with van der Waals surface area (Å²) in [5.41, 5.74) is 6.99. The van der Waals surface area contributed by atoms with Crippen molar-refractivity contribution in [2.24, 2.45) is 0 Å². The van der Waals surface area contributed by atoms with Crippen LogP contribution in [0.2, 0.25) is 0 Å². The van der Waals surface area contributed by atoms with Crippen molar-refractivity contribution in [3.05, 3.63) is 41.7 Å². The van der Waals surface area contributed by atoms with Gasteiger partial charge < -0.3 is 10.3 Å². The highest BCUT2D eigenvalue weighted by Crippen LogP contribution is 2.16.